The lowest BCUT2D eigenvalue weighted by molar-refractivity contribution is -0.119. The van der Waals surface area contributed by atoms with Gasteiger partial charge >= 0.3 is 0 Å². The van der Waals surface area contributed by atoms with Gasteiger partial charge in [-0.1, -0.05) is 18.2 Å². The molecule has 0 atom stereocenters. The van der Waals surface area contributed by atoms with Crippen LogP contribution in [0.1, 0.15) is 29.8 Å². The van der Waals surface area contributed by atoms with Crippen LogP contribution in [0.5, 0.6) is 0 Å². The van der Waals surface area contributed by atoms with E-state index in [4.69, 9.17) is 5.73 Å². The van der Waals surface area contributed by atoms with Crippen LogP contribution in [-0.4, -0.2) is 59.3 Å². The molecule has 1 aliphatic rings. The van der Waals surface area contributed by atoms with Crippen LogP contribution in [0.3, 0.4) is 0 Å². The molecule has 1 amide bonds. The number of amides is 1. The highest BCUT2D eigenvalue weighted by Gasteiger charge is 2.21. The summed E-state index contributed by atoms with van der Waals surface area (Å²) in [5.41, 5.74) is 9.63. The fraction of sp³-hybridized carbons (Fsp3) is 0.476. The monoisotopic (exact) mass is 397 g/mol. The summed E-state index contributed by atoms with van der Waals surface area (Å²) < 4.78 is 1.98. The molecular formula is C21H31N7O. The predicted molar refractivity (Wildman–Crippen MR) is 115 cm³/mol. The van der Waals surface area contributed by atoms with Gasteiger partial charge in [-0.15, -0.1) is 0 Å². The second kappa shape index (κ2) is 9.56. The first kappa shape index (κ1) is 20.9. The van der Waals surface area contributed by atoms with Gasteiger partial charge in [-0.2, -0.15) is 5.10 Å². The number of piperidine rings is 1. The number of primary amides is 1. The van der Waals surface area contributed by atoms with Gasteiger partial charge in [0.05, 0.1) is 17.9 Å². The van der Waals surface area contributed by atoms with Crippen LogP contribution in [0.4, 0.5) is 0 Å². The average Bonchev–Trinajstić information content (AvgIpc) is 3.04. The molecule has 1 aromatic heterocycles. The number of nitrogens with one attached hydrogen (secondary N) is 2. The number of aliphatic imine (C=N–C) groups is 1. The molecule has 4 N–H and O–H groups in total. The number of aromatic nitrogens is 2. The molecule has 1 saturated heterocycles. The Hall–Kier alpha value is -2.87. The highest BCUT2D eigenvalue weighted by Crippen LogP contribution is 2.17. The zero-order chi connectivity index (χ0) is 20.8. The van der Waals surface area contributed by atoms with E-state index in [0.717, 1.165) is 54.5 Å². The van der Waals surface area contributed by atoms with Crippen LogP contribution in [-0.2, 0) is 11.3 Å². The molecule has 0 spiro atoms. The summed E-state index contributed by atoms with van der Waals surface area (Å²) in [7, 11) is 1.78. The summed E-state index contributed by atoms with van der Waals surface area (Å²) in [4.78, 5) is 17.5. The number of benzene rings is 1. The van der Waals surface area contributed by atoms with Gasteiger partial charge in [0.2, 0.25) is 5.91 Å². The number of guanidine groups is 1. The van der Waals surface area contributed by atoms with Gasteiger partial charge in [-0.25, -0.2) is 4.68 Å². The molecule has 8 nitrogen and oxygen atoms in total. The zero-order valence-corrected chi connectivity index (χ0v) is 17.5. The van der Waals surface area contributed by atoms with Crippen LogP contribution in [0.25, 0.3) is 5.69 Å². The topological polar surface area (TPSA) is 101 Å². The normalized spacial score (nSPS) is 16.0. The molecule has 2 heterocycles. The van der Waals surface area contributed by atoms with Crippen LogP contribution < -0.4 is 16.4 Å². The largest absolute Gasteiger partial charge is 0.369 e. The third-order valence-electron chi connectivity index (χ3n) is 5.21. The third kappa shape index (κ3) is 5.57. The van der Waals surface area contributed by atoms with E-state index in [2.05, 4.69) is 50.7 Å². The molecule has 29 heavy (non-hydrogen) atoms. The SMILES string of the molecule is CN=C(NCc1ccccc1-n1nc(C)cc1C)NC1CCN(CC(N)=O)CC1. The van der Waals surface area contributed by atoms with E-state index in [1.54, 1.807) is 7.05 Å². The Kier molecular flexibility index (Phi) is 6.87. The number of likely N-dealkylation sites (tertiary alicyclic amines) is 1. The van der Waals surface area contributed by atoms with Gasteiger partial charge < -0.3 is 16.4 Å². The molecule has 2 aromatic rings. The number of nitrogens with zero attached hydrogens (tertiary/aromatic N) is 4. The quantitative estimate of drug-likeness (QED) is 0.501. The van der Waals surface area contributed by atoms with E-state index in [-0.39, 0.29) is 5.91 Å². The molecule has 8 heteroatoms. The fourth-order valence-electron chi connectivity index (χ4n) is 3.76. The second-order valence-corrected chi connectivity index (χ2v) is 7.55. The molecule has 1 aromatic carbocycles. The zero-order valence-electron chi connectivity index (χ0n) is 17.5. The van der Waals surface area contributed by atoms with Gasteiger partial charge in [0.1, 0.15) is 0 Å². The van der Waals surface area contributed by atoms with Crippen LogP contribution in [0.15, 0.2) is 35.3 Å². The van der Waals surface area contributed by atoms with E-state index in [1.807, 2.05) is 23.7 Å². The van der Waals surface area contributed by atoms with Gasteiger partial charge in [0.25, 0.3) is 0 Å². The molecule has 3 rings (SSSR count). The second-order valence-electron chi connectivity index (χ2n) is 7.55. The van der Waals surface area contributed by atoms with Crippen molar-refractivity contribution in [2.75, 3.05) is 26.7 Å². The molecule has 0 unspecified atom stereocenters. The summed E-state index contributed by atoms with van der Waals surface area (Å²) in [5.74, 6) is 0.511. The van der Waals surface area contributed by atoms with Crippen molar-refractivity contribution in [3.05, 3.63) is 47.3 Å². The minimum Gasteiger partial charge on any atom is -0.369 e. The Balaban J connectivity index is 1.58. The number of hydrogen-bond acceptors (Lipinski definition) is 4. The van der Waals surface area contributed by atoms with Crippen molar-refractivity contribution >= 4 is 11.9 Å². The van der Waals surface area contributed by atoms with Gasteiger partial charge in [0.15, 0.2) is 5.96 Å². The van der Waals surface area contributed by atoms with E-state index in [9.17, 15) is 4.79 Å². The van der Waals surface area contributed by atoms with Crippen molar-refractivity contribution in [1.82, 2.24) is 25.3 Å². The average molecular weight is 398 g/mol. The molecule has 156 valence electrons. The molecule has 0 radical (unpaired) electrons. The van der Waals surface area contributed by atoms with Crippen LogP contribution in [0, 0.1) is 13.8 Å². The smallest absolute Gasteiger partial charge is 0.231 e. The lowest BCUT2D eigenvalue weighted by Gasteiger charge is -2.32. The molecule has 0 saturated carbocycles. The Morgan fingerprint density at radius 1 is 1.28 bits per heavy atom. The lowest BCUT2D eigenvalue weighted by atomic mass is 10.1. The lowest BCUT2D eigenvalue weighted by Crippen LogP contribution is -2.49. The van der Waals surface area contributed by atoms with E-state index >= 15 is 0 Å². The van der Waals surface area contributed by atoms with Crippen molar-refractivity contribution in [2.45, 2.75) is 39.3 Å². The van der Waals surface area contributed by atoms with Crippen LogP contribution in [0.2, 0.25) is 0 Å². The molecule has 1 aliphatic heterocycles. The van der Waals surface area contributed by atoms with Gasteiger partial charge in [0, 0.05) is 38.4 Å². The number of rotatable bonds is 6. The Labute approximate surface area is 172 Å². The Bertz CT molecular complexity index is 866. The maximum Gasteiger partial charge on any atom is 0.231 e. The maximum absolute atomic E-state index is 11.1. The standard InChI is InChI=1S/C21H31N7O/c1-15-12-16(2)28(26-15)19-7-5-4-6-17(19)13-24-21(23-3)25-18-8-10-27(11-9-18)14-20(22)29/h4-7,12,18H,8-11,13-14H2,1-3H3,(H2,22,29)(H2,23,24,25). The van der Waals surface area contributed by atoms with E-state index < -0.39 is 0 Å². The number of nitrogens with two attached hydrogens (primary N) is 1. The Morgan fingerprint density at radius 2 is 2.00 bits per heavy atom. The number of carbonyl (C=O) groups is 1. The third-order valence-corrected chi connectivity index (χ3v) is 5.21. The van der Waals surface area contributed by atoms with Crippen molar-refractivity contribution in [3.63, 3.8) is 0 Å². The number of hydrogen-bond donors (Lipinski definition) is 3. The van der Waals surface area contributed by atoms with Gasteiger partial charge in [-0.3, -0.25) is 14.7 Å². The summed E-state index contributed by atoms with van der Waals surface area (Å²) >= 11 is 0. The first-order chi connectivity index (χ1) is 14.0. The first-order valence-corrected chi connectivity index (χ1v) is 10.1. The minimum atomic E-state index is -0.268. The highest BCUT2D eigenvalue weighted by molar-refractivity contribution is 5.80. The molecule has 0 bridgehead atoms. The number of para-hydroxylation sites is 1. The first-order valence-electron chi connectivity index (χ1n) is 10.1. The number of aryl methyl sites for hydroxylation is 2. The van der Waals surface area contributed by atoms with Crippen LogP contribution >= 0.6 is 0 Å². The summed E-state index contributed by atoms with van der Waals surface area (Å²) in [6.07, 6.45) is 1.91. The predicted octanol–water partition coefficient (Wildman–Crippen LogP) is 1.10. The van der Waals surface area contributed by atoms with E-state index in [1.165, 1.54) is 0 Å². The van der Waals surface area contributed by atoms with Crippen molar-refractivity contribution in [1.29, 1.82) is 0 Å². The number of carbonyl (C=O) groups excluding carboxylic acids is 1. The summed E-state index contributed by atoms with van der Waals surface area (Å²) in [6, 6.07) is 10.7. The van der Waals surface area contributed by atoms with Crippen molar-refractivity contribution < 1.29 is 4.79 Å². The summed E-state index contributed by atoms with van der Waals surface area (Å²) in [6.45, 7) is 6.77. The molecule has 0 aliphatic carbocycles. The van der Waals surface area contributed by atoms with E-state index in [0.29, 0.717) is 19.1 Å². The van der Waals surface area contributed by atoms with Crippen molar-refractivity contribution in [2.24, 2.45) is 10.7 Å². The maximum atomic E-state index is 11.1. The molecular weight excluding hydrogens is 366 g/mol. The Morgan fingerprint density at radius 3 is 2.62 bits per heavy atom. The minimum absolute atomic E-state index is 0.268. The highest BCUT2D eigenvalue weighted by atomic mass is 16.1. The van der Waals surface area contributed by atoms with Crippen molar-refractivity contribution in [3.8, 4) is 5.69 Å². The fourth-order valence-corrected chi connectivity index (χ4v) is 3.76. The summed E-state index contributed by atoms with van der Waals surface area (Å²) in [5, 5.41) is 11.5. The molecule has 1 fully saturated rings. The van der Waals surface area contributed by atoms with Gasteiger partial charge in [-0.05, 0) is 44.4 Å².